The van der Waals surface area contributed by atoms with Gasteiger partial charge in [0.2, 0.25) is 0 Å². The van der Waals surface area contributed by atoms with E-state index in [4.69, 9.17) is 82.2 Å². The molecule has 19 heteroatoms. The van der Waals surface area contributed by atoms with Crippen LogP contribution in [-0.2, 0) is 52.2 Å². The average Bonchev–Trinajstić information content (AvgIpc) is 3.41. The first-order valence-corrected chi connectivity index (χ1v) is 24.3. The van der Waals surface area contributed by atoms with E-state index in [0.717, 1.165) is 6.42 Å². The van der Waals surface area contributed by atoms with Crippen LogP contribution < -0.4 is 5.32 Å². The SMILES string of the molecule is CCCCO[C@H]1OC2COC(c3ccccc3)O[C@H]2[C@H](O[C@@H]2OC(COC(=O)c3ccccc3)[C@H](OC(=O)c3ccccc3)C(OC(=O)c3ccccc3)[C@@H]2OC(=O)c2ccccc2)C1NC(=O)C(Cl)(Cl)Cl. The summed E-state index contributed by atoms with van der Waals surface area (Å²) < 4.78 is 61.4. The van der Waals surface area contributed by atoms with E-state index in [0.29, 0.717) is 12.0 Å². The number of carbonyl (C=O) groups is 5. The van der Waals surface area contributed by atoms with Crippen LogP contribution in [0.4, 0.5) is 0 Å². The number of halogens is 3. The molecule has 1 amide bonds. The van der Waals surface area contributed by atoms with E-state index in [9.17, 15) is 24.0 Å². The number of esters is 4. The molecule has 3 saturated heterocycles. The number of nitrogens with one attached hydrogen (secondary N) is 1. The predicted molar refractivity (Wildman–Crippen MR) is 259 cm³/mol. The highest BCUT2D eigenvalue weighted by Crippen LogP contribution is 2.40. The van der Waals surface area contributed by atoms with Crippen molar-refractivity contribution in [3.05, 3.63) is 179 Å². The van der Waals surface area contributed by atoms with Crippen molar-refractivity contribution >= 4 is 64.6 Å². The van der Waals surface area contributed by atoms with Crippen molar-refractivity contribution in [3.8, 4) is 0 Å². The number of benzene rings is 5. The number of amides is 1. The number of unbranched alkanes of at least 4 members (excludes halogenated alkanes) is 1. The largest absolute Gasteiger partial charge is 0.459 e. The predicted octanol–water partition coefficient (Wildman–Crippen LogP) is 8.14. The summed E-state index contributed by atoms with van der Waals surface area (Å²) in [7, 11) is 0. The van der Waals surface area contributed by atoms with Gasteiger partial charge in [-0.1, -0.05) is 151 Å². The summed E-state index contributed by atoms with van der Waals surface area (Å²) in [4.78, 5) is 70.2. The van der Waals surface area contributed by atoms with Gasteiger partial charge in [-0.2, -0.15) is 0 Å². The smallest absolute Gasteiger partial charge is 0.338 e. The lowest BCUT2D eigenvalue weighted by Gasteiger charge is -2.51. The number of hydrogen-bond donors (Lipinski definition) is 1. The van der Waals surface area contributed by atoms with Crippen LogP contribution in [0, 0.1) is 0 Å². The van der Waals surface area contributed by atoms with E-state index in [-0.39, 0.29) is 35.5 Å². The molecule has 3 aliphatic heterocycles. The zero-order valence-electron chi connectivity index (χ0n) is 38.6. The quantitative estimate of drug-likeness (QED) is 0.0406. The zero-order chi connectivity index (χ0) is 50.6. The second-order valence-electron chi connectivity index (χ2n) is 16.8. The molecule has 11 atom stereocenters. The molecule has 3 heterocycles. The van der Waals surface area contributed by atoms with E-state index >= 15 is 0 Å². The number of fused-ring (bicyclic) bond motifs is 1. The number of rotatable bonds is 17. The van der Waals surface area contributed by atoms with Gasteiger partial charge in [0.1, 0.15) is 37.1 Å². The Hall–Kier alpha value is -5.92. The van der Waals surface area contributed by atoms with E-state index in [1.807, 2.05) is 13.0 Å². The van der Waals surface area contributed by atoms with Crippen molar-refractivity contribution < 1.29 is 71.3 Å². The van der Waals surface area contributed by atoms with Crippen molar-refractivity contribution in [1.29, 1.82) is 0 Å². The molecule has 72 heavy (non-hydrogen) atoms. The third-order valence-corrected chi connectivity index (χ3v) is 12.3. The first-order chi connectivity index (χ1) is 34.9. The van der Waals surface area contributed by atoms with Gasteiger partial charge in [-0.05, 0) is 55.0 Å². The molecule has 0 aliphatic carbocycles. The Morgan fingerprint density at radius 2 is 1.07 bits per heavy atom. The minimum Gasteiger partial charge on any atom is -0.459 e. The monoisotopic (exact) mass is 1050 g/mol. The van der Waals surface area contributed by atoms with Gasteiger partial charge < -0.3 is 52.7 Å². The molecular formula is C53H50Cl3NO15. The Bertz CT molecular complexity index is 2580. The maximum atomic E-state index is 14.4. The molecule has 5 aromatic rings. The fourth-order valence-corrected chi connectivity index (χ4v) is 8.34. The molecule has 3 aliphatic rings. The van der Waals surface area contributed by atoms with Gasteiger partial charge in [0.25, 0.3) is 9.70 Å². The standard InChI is InChI=1S/C53H50Cl3NO15/c1-2-3-29-63-50-39(57-52(62)53(54,55)56)42(40-38(66-50)31-65-49(71-40)36-27-17-8-18-28-36)72-51-44(70-48(61)35-25-15-7-16-26-35)43(69-47(60)34-23-13-6-14-24-34)41(68-46(59)33-21-11-5-12-22-33)37(67-51)30-64-45(58)32-19-9-4-10-20-32/h4-28,37-44,49-51H,2-3,29-31H2,1H3,(H,57,62)/t37?,38?,39?,40-,41+,42-,43?,44+,49?,50+,51+/m1/s1. The maximum absolute atomic E-state index is 14.4. The lowest BCUT2D eigenvalue weighted by atomic mass is 9.94. The molecule has 0 bridgehead atoms. The molecule has 5 unspecified atom stereocenters. The summed E-state index contributed by atoms with van der Waals surface area (Å²) >= 11 is 18.5. The molecule has 8 rings (SSSR count). The highest BCUT2D eigenvalue weighted by molar-refractivity contribution is 6.76. The first kappa shape index (κ1) is 52.4. The van der Waals surface area contributed by atoms with E-state index in [1.54, 1.807) is 97.1 Å². The zero-order valence-corrected chi connectivity index (χ0v) is 40.8. The molecule has 378 valence electrons. The Morgan fingerprint density at radius 1 is 0.583 bits per heavy atom. The van der Waals surface area contributed by atoms with Crippen LogP contribution in [0.1, 0.15) is 73.1 Å². The van der Waals surface area contributed by atoms with Gasteiger partial charge in [-0.3, -0.25) is 4.79 Å². The molecule has 1 N–H and O–H groups in total. The number of carbonyl (C=O) groups excluding carboxylic acids is 5. The van der Waals surface area contributed by atoms with Crippen LogP contribution in [0.3, 0.4) is 0 Å². The lowest BCUT2D eigenvalue weighted by molar-refractivity contribution is -0.377. The fraction of sp³-hybridized carbons (Fsp3) is 0.340. The minimum absolute atomic E-state index is 0.0722. The van der Waals surface area contributed by atoms with Gasteiger partial charge in [-0.15, -0.1) is 0 Å². The Kier molecular flexibility index (Phi) is 18.0. The van der Waals surface area contributed by atoms with Crippen LogP contribution in [0.15, 0.2) is 152 Å². The molecule has 0 aromatic heterocycles. The van der Waals surface area contributed by atoms with Gasteiger partial charge in [-0.25, -0.2) is 19.2 Å². The van der Waals surface area contributed by atoms with E-state index in [2.05, 4.69) is 5.32 Å². The highest BCUT2D eigenvalue weighted by atomic mass is 35.6. The summed E-state index contributed by atoms with van der Waals surface area (Å²) in [5.74, 6) is -4.62. The van der Waals surface area contributed by atoms with E-state index < -0.39 is 108 Å². The van der Waals surface area contributed by atoms with Crippen molar-refractivity contribution in [2.24, 2.45) is 0 Å². The van der Waals surface area contributed by atoms with E-state index in [1.165, 1.54) is 48.5 Å². The third-order valence-electron chi connectivity index (χ3n) is 11.8. The molecule has 3 fully saturated rings. The summed E-state index contributed by atoms with van der Waals surface area (Å²) in [6.07, 6.45) is -13.3. The second-order valence-corrected chi connectivity index (χ2v) is 19.0. The normalized spacial score (nSPS) is 26.0. The maximum Gasteiger partial charge on any atom is 0.338 e. The second kappa shape index (κ2) is 24.7. The van der Waals surface area contributed by atoms with Crippen LogP contribution in [0.5, 0.6) is 0 Å². The molecule has 16 nitrogen and oxygen atoms in total. The minimum atomic E-state index is -2.51. The third kappa shape index (κ3) is 13.2. The Labute approximate surface area is 429 Å². The van der Waals surface area contributed by atoms with Crippen molar-refractivity contribution in [2.75, 3.05) is 19.8 Å². The Morgan fingerprint density at radius 3 is 1.58 bits per heavy atom. The fourth-order valence-electron chi connectivity index (χ4n) is 8.18. The van der Waals surface area contributed by atoms with Crippen molar-refractivity contribution in [2.45, 2.75) is 91.2 Å². The van der Waals surface area contributed by atoms with Gasteiger partial charge >= 0.3 is 23.9 Å². The van der Waals surface area contributed by atoms with Crippen molar-refractivity contribution in [1.82, 2.24) is 5.32 Å². The van der Waals surface area contributed by atoms with Gasteiger partial charge in [0.05, 0.1) is 28.9 Å². The number of alkyl halides is 3. The van der Waals surface area contributed by atoms with Crippen LogP contribution >= 0.6 is 34.8 Å². The molecular weight excluding hydrogens is 997 g/mol. The molecule has 0 radical (unpaired) electrons. The van der Waals surface area contributed by atoms with Crippen molar-refractivity contribution in [3.63, 3.8) is 0 Å². The number of hydrogen-bond acceptors (Lipinski definition) is 15. The molecule has 0 saturated carbocycles. The molecule has 0 spiro atoms. The van der Waals surface area contributed by atoms with Gasteiger partial charge in [0, 0.05) is 12.2 Å². The topological polar surface area (TPSA) is 190 Å². The summed E-state index contributed by atoms with van der Waals surface area (Å²) in [5.41, 5.74) is 1.05. The summed E-state index contributed by atoms with van der Waals surface area (Å²) in [5, 5.41) is 2.71. The van der Waals surface area contributed by atoms with Crippen LogP contribution in [-0.4, -0.2) is 115 Å². The summed E-state index contributed by atoms with van der Waals surface area (Å²) in [6.45, 7) is 1.39. The number of ether oxygens (including phenoxy) is 10. The van der Waals surface area contributed by atoms with Crippen LogP contribution in [0.25, 0.3) is 0 Å². The average molecular weight is 1050 g/mol. The summed E-state index contributed by atoms with van der Waals surface area (Å²) in [6, 6.07) is 39.4. The molecule has 5 aromatic carbocycles. The first-order valence-electron chi connectivity index (χ1n) is 23.2. The Balaban J connectivity index is 1.26. The van der Waals surface area contributed by atoms with Gasteiger partial charge in [0.15, 0.2) is 37.2 Å². The lowest BCUT2D eigenvalue weighted by Crippen LogP contribution is -2.70. The highest BCUT2D eigenvalue weighted by Gasteiger charge is 2.58. The van der Waals surface area contributed by atoms with Crippen LogP contribution in [0.2, 0.25) is 0 Å².